The van der Waals surface area contributed by atoms with Crippen molar-refractivity contribution >= 4 is 45.3 Å². The Hall–Kier alpha value is -2.05. The topological polar surface area (TPSA) is 53.9 Å². The molecular formula is C17H17BrClN3O2. The molecule has 0 spiro atoms. The third-order valence-corrected chi connectivity index (χ3v) is 3.92. The number of hydrogen-bond acceptors (Lipinski definition) is 4. The second kappa shape index (κ2) is 8.70. The van der Waals surface area contributed by atoms with E-state index in [1.54, 1.807) is 24.4 Å². The number of nitrogens with one attached hydrogen (secondary N) is 1. The quantitative estimate of drug-likeness (QED) is 0.583. The Bertz CT molecular complexity index is 733. The average Bonchev–Trinajstić information content (AvgIpc) is 2.54. The Morgan fingerprint density at radius 1 is 1.29 bits per heavy atom. The van der Waals surface area contributed by atoms with Gasteiger partial charge in [0, 0.05) is 24.8 Å². The van der Waals surface area contributed by atoms with Gasteiger partial charge < -0.3 is 9.64 Å². The smallest absolute Gasteiger partial charge is 0.277 e. The molecule has 2 aromatic carbocycles. The first kappa shape index (κ1) is 18.3. The second-order valence-corrected chi connectivity index (χ2v) is 6.43. The lowest BCUT2D eigenvalue weighted by atomic mass is 10.2. The van der Waals surface area contributed by atoms with Crippen LogP contribution in [0.2, 0.25) is 5.02 Å². The van der Waals surface area contributed by atoms with Crippen molar-refractivity contribution in [2.45, 2.75) is 0 Å². The summed E-state index contributed by atoms with van der Waals surface area (Å²) < 4.78 is 6.09. The largest absolute Gasteiger partial charge is 0.483 e. The van der Waals surface area contributed by atoms with Crippen molar-refractivity contribution in [3.63, 3.8) is 0 Å². The molecule has 0 aliphatic rings. The monoisotopic (exact) mass is 409 g/mol. The van der Waals surface area contributed by atoms with E-state index in [0.717, 1.165) is 11.3 Å². The summed E-state index contributed by atoms with van der Waals surface area (Å²) in [4.78, 5) is 13.7. The lowest BCUT2D eigenvalue weighted by Gasteiger charge is -2.11. The van der Waals surface area contributed by atoms with E-state index in [4.69, 9.17) is 16.3 Å². The van der Waals surface area contributed by atoms with E-state index >= 15 is 0 Å². The molecule has 2 aromatic rings. The van der Waals surface area contributed by atoms with Crippen LogP contribution in [0.1, 0.15) is 5.56 Å². The highest BCUT2D eigenvalue weighted by Gasteiger charge is 2.05. The first-order valence-electron chi connectivity index (χ1n) is 7.13. The van der Waals surface area contributed by atoms with E-state index in [2.05, 4.69) is 26.5 Å². The predicted molar refractivity (Wildman–Crippen MR) is 101 cm³/mol. The molecule has 0 bridgehead atoms. The first-order chi connectivity index (χ1) is 11.5. The lowest BCUT2D eigenvalue weighted by Crippen LogP contribution is -2.24. The van der Waals surface area contributed by atoms with Gasteiger partial charge in [-0.25, -0.2) is 5.43 Å². The molecule has 5 nitrogen and oxygen atoms in total. The van der Waals surface area contributed by atoms with Gasteiger partial charge in [0.25, 0.3) is 5.91 Å². The van der Waals surface area contributed by atoms with Crippen molar-refractivity contribution < 1.29 is 9.53 Å². The zero-order chi connectivity index (χ0) is 17.5. The summed E-state index contributed by atoms with van der Waals surface area (Å²) in [6.07, 6.45) is 1.58. The summed E-state index contributed by atoms with van der Waals surface area (Å²) in [5, 5.41) is 4.50. The minimum absolute atomic E-state index is 0.142. The molecule has 0 atom stereocenters. The number of anilines is 1. The summed E-state index contributed by atoms with van der Waals surface area (Å²) in [5.74, 6) is 0.191. The maximum absolute atomic E-state index is 11.7. The standard InChI is InChI=1S/C17H17BrClN3O2/c1-22(2)14-6-3-12(4-7-14)10-20-21-17(23)11-24-16-8-5-13(19)9-15(16)18/h3-10H,11H2,1-2H3,(H,21,23)/b20-10-. The van der Waals surface area contributed by atoms with Crippen LogP contribution in [0, 0.1) is 0 Å². The van der Waals surface area contributed by atoms with Crippen molar-refractivity contribution in [3.05, 3.63) is 57.5 Å². The molecule has 0 aliphatic carbocycles. The molecule has 0 unspecified atom stereocenters. The normalized spacial score (nSPS) is 10.7. The van der Waals surface area contributed by atoms with Crippen molar-refractivity contribution in [2.75, 3.05) is 25.6 Å². The number of amides is 1. The van der Waals surface area contributed by atoms with Crippen LogP contribution in [-0.4, -0.2) is 32.8 Å². The number of carbonyl (C=O) groups excluding carboxylic acids is 1. The van der Waals surface area contributed by atoms with E-state index in [1.807, 2.05) is 43.3 Å². The highest BCUT2D eigenvalue weighted by atomic mass is 79.9. The van der Waals surface area contributed by atoms with E-state index in [-0.39, 0.29) is 12.5 Å². The van der Waals surface area contributed by atoms with Gasteiger partial charge in [0.15, 0.2) is 6.61 Å². The number of nitrogens with zero attached hydrogens (tertiary/aromatic N) is 2. The molecule has 0 aromatic heterocycles. The third-order valence-electron chi connectivity index (χ3n) is 3.07. The molecule has 24 heavy (non-hydrogen) atoms. The fourth-order valence-corrected chi connectivity index (χ4v) is 2.60. The van der Waals surface area contributed by atoms with Crippen molar-refractivity contribution in [1.82, 2.24) is 5.43 Å². The van der Waals surface area contributed by atoms with Gasteiger partial charge in [-0.2, -0.15) is 5.10 Å². The van der Waals surface area contributed by atoms with Gasteiger partial charge in [0.05, 0.1) is 10.7 Å². The molecule has 2 rings (SSSR count). The number of benzene rings is 2. The van der Waals surface area contributed by atoms with Gasteiger partial charge in [-0.05, 0) is 51.8 Å². The summed E-state index contributed by atoms with van der Waals surface area (Å²) in [6, 6.07) is 12.9. The van der Waals surface area contributed by atoms with Gasteiger partial charge in [0.2, 0.25) is 0 Å². The molecule has 0 fully saturated rings. The zero-order valence-corrected chi connectivity index (χ0v) is 15.6. The minimum atomic E-state index is -0.349. The molecule has 0 radical (unpaired) electrons. The van der Waals surface area contributed by atoms with Gasteiger partial charge in [-0.3, -0.25) is 4.79 Å². The van der Waals surface area contributed by atoms with Crippen LogP contribution in [0.15, 0.2) is 52.0 Å². The van der Waals surface area contributed by atoms with Gasteiger partial charge in [-0.1, -0.05) is 23.7 Å². The van der Waals surface area contributed by atoms with Crippen LogP contribution in [0.3, 0.4) is 0 Å². The minimum Gasteiger partial charge on any atom is -0.483 e. The molecule has 126 valence electrons. The Morgan fingerprint density at radius 2 is 2.00 bits per heavy atom. The molecule has 1 amide bonds. The van der Waals surface area contributed by atoms with Gasteiger partial charge in [-0.15, -0.1) is 0 Å². The van der Waals surface area contributed by atoms with Crippen LogP contribution in [0.5, 0.6) is 5.75 Å². The van der Waals surface area contributed by atoms with Crippen molar-refractivity contribution in [2.24, 2.45) is 5.10 Å². The fourth-order valence-electron chi connectivity index (χ4n) is 1.81. The number of carbonyl (C=O) groups is 1. The van der Waals surface area contributed by atoms with Crippen LogP contribution < -0.4 is 15.1 Å². The molecule has 1 N–H and O–H groups in total. The molecule has 0 heterocycles. The fraction of sp³-hybridized carbons (Fsp3) is 0.176. The Kier molecular flexibility index (Phi) is 6.63. The lowest BCUT2D eigenvalue weighted by molar-refractivity contribution is -0.123. The Morgan fingerprint density at radius 3 is 2.62 bits per heavy atom. The van der Waals surface area contributed by atoms with E-state index in [9.17, 15) is 4.79 Å². The predicted octanol–water partition coefficient (Wildman–Crippen LogP) is 3.70. The Balaban J connectivity index is 1.82. The molecule has 7 heteroatoms. The third kappa shape index (κ3) is 5.54. The maximum atomic E-state index is 11.7. The molecule has 0 saturated carbocycles. The Labute approximate surface area is 154 Å². The summed E-state index contributed by atoms with van der Waals surface area (Å²) in [6.45, 7) is -0.142. The van der Waals surface area contributed by atoms with Crippen molar-refractivity contribution in [1.29, 1.82) is 0 Å². The molecule has 0 aliphatic heterocycles. The van der Waals surface area contributed by atoms with Crippen LogP contribution in [0.4, 0.5) is 5.69 Å². The highest BCUT2D eigenvalue weighted by molar-refractivity contribution is 9.10. The first-order valence-corrected chi connectivity index (χ1v) is 8.30. The number of ether oxygens (including phenoxy) is 1. The van der Waals surface area contributed by atoms with Crippen LogP contribution >= 0.6 is 27.5 Å². The maximum Gasteiger partial charge on any atom is 0.277 e. The summed E-state index contributed by atoms with van der Waals surface area (Å²) >= 11 is 9.17. The van der Waals surface area contributed by atoms with Gasteiger partial charge in [0.1, 0.15) is 5.75 Å². The molecule has 0 saturated heterocycles. The second-order valence-electron chi connectivity index (χ2n) is 5.14. The highest BCUT2D eigenvalue weighted by Crippen LogP contribution is 2.27. The number of hydrogen-bond donors (Lipinski definition) is 1. The van der Waals surface area contributed by atoms with E-state index < -0.39 is 0 Å². The van der Waals surface area contributed by atoms with Crippen molar-refractivity contribution in [3.8, 4) is 5.75 Å². The average molecular weight is 411 g/mol. The number of rotatable bonds is 6. The number of halogens is 2. The zero-order valence-electron chi connectivity index (χ0n) is 13.3. The number of hydrazone groups is 1. The van der Waals surface area contributed by atoms with E-state index in [0.29, 0.717) is 15.2 Å². The van der Waals surface area contributed by atoms with E-state index in [1.165, 1.54) is 0 Å². The summed E-state index contributed by atoms with van der Waals surface area (Å²) in [7, 11) is 3.95. The van der Waals surface area contributed by atoms with Crippen LogP contribution in [0.25, 0.3) is 0 Å². The SMILES string of the molecule is CN(C)c1ccc(/C=N\NC(=O)COc2ccc(Cl)cc2Br)cc1. The van der Waals surface area contributed by atoms with Crippen LogP contribution in [-0.2, 0) is 4.79 Å². The summed E-state index contributed by atoms with van der Waals surface area (Å²) in [5.41, 5.74) is 4.41. The van der Waals surface area contributed by atoms with Gasteiger partial charge >= 0.3 is 0 Å². The molecular weight excluding hydrogens is 394 g/mol.